The molecule has 2 heterocycles. The fraction of sp³-hybridized carbons (Fsp3) is 0.318. The smallest absolute Gasteiger partial charge is 0.335 e. The Morgan fingerprint density at radius 3 is 2.39 bits per heavy atom. The summed E-state index contributed by atoms with van der Waals surface area (Å²) in [7, 11) is 0. The van der Waals surface area contributed by atoms with Crippen LogP contribution in [0.2, 0.25) is 0 Å². The van der Waals surface area contributed by atoms with E-state index in [1.165, 1.54) is 35.2 Å². The van der Waals surface area contributed by atoms with Crippen LogP contribution in [0.4, 0.5) is 22.0 Å². The molecule has 9 heteroatoms. The van der Waals surface area contributed by atoms with Crippen LogP contribution in [0.1, 0.15) is 30.0 Å². The van der Waals surface area contributed by atoms with E-state index in [0.29, 0.717) is 17.5 Å². The molecule has 1 amide bonds. The van der Waals surface area contributed by atoms with Gasteiger partial charge in [0.25, 0.3) is 0 Å². The molecule has 1 N–H and O–H groups in total. The Balaban J connectivity index is 1.60. The molecule has 1 atom stereocenters. The summed E-state index contributed by atoms with van der Waals surface area (Å²) in [6.45, 7) is 1.59. The van der Waals surface area contributed by atoms with Gasteiger partial charge in [-0.15, -0.1) is 0 Å². The fourth-order valence-electron chi connectivity index (χ4n) is 3.79. The van der Waals surface area contributed by atoms with Gasteiger partial charge in [-0.2, -0.15) is 13.2 Å². The van der Waals surface area contributed by atoms with E-state index < -0.39 is 28.8 Å². The monoisotopic (exact) mass is 438 g/mol. The van der Waals surface area contributed by atoms with Gasteiger partial charge in [0.15, 0.2) is 5.67 Å². The van der Waals surface area contributed by atoms with Gasteiger partial charge in [-0.05, 0) is 29.3 Å². The second-order valence-electron chi connectivity index (χ2n) is 7.65. The summed E-state index contributed by atoms with van der Waals surface area (Å²) >= 11 is 0. The topological polar surface area (TPSA) is 41.6 Å². The lowest BCUT2D eigenvalue weighted by atomic mass is 9.86. The van der Waals surface area contributed by atoms with Gasteiger partial charge in [-0.1, -0.05) is 43.3 Å². The van der Waals surface area contributed by atoms with E-state index in [-0.39, 0.29) is 24.7 Å². The first kappa shape index (κ1) is 21.3. The number of amides is 1. The number of carbonyl (C=O) groups excluding carboxylic acids is 1. The van der Waals surface area contributed by atoms with E-state index in [0.717, 1.165) is 24.3 Å². The van der Waals surface area contributed by atoms with Gasteiger partial charge in [0, 0.05) is 12.0 Å². The molecule has 2 aromatic rings. The van der Waals surface area contributed by atoms with Crippen LogP contribution in [-0.4, -0.2) is 30.1 Å². The summed E-state index contributed by atoms with van der Waals surface area (Å²) in [5.41, 5.74) is -1.97. The average molecular weight is 438 g/mol. The number of halogens is 5. The first-order valence-corrected chi connectivity index (χ1v) is 9.65. The van der Waals surface area contributed by atoms with Crippen molar-refractivity contribution in [1.29, 1.82) is 0 Å². The second-order valence-corrected chi connectivity index (χ2v) is 7.65. The van der Waals surface area contributed by atoms with E-state index in [9.17, 15) is 26.7 Å². The third kappa shape index (κ3) is 3.56. The largest absolute Gasteiger partial charge is 0.428 e. The normalized spacial score (nSPS) is 22.5. The molecule has 31 heavy (non-hydrogen) atoms. The second kappa shape index (κ2) is 7.33. The molecule has 2 aromatic carbocycles. The molecule has 4 nitrogen and oxygen atoms in total. The Kier molecular flexibility index (Phi) is 5.04. The standard InChI is InChI=1S/C22H19F5N2O2/c1-2-19(30)29-12-20(24,13-29)15-8-6-14(7-9-15)18-11-21(31-28-18,22(25,26)27)16-4-3-5-17(23)10-16/h3-11,28H,2,12-13H2,1H3. The van der Waals surface area contributed by atoms with E-state index in [4.69, 9.17) is 4.84 Å². The molecule has 0 aliphatic carbocycles. The SMILES string of the molecule is CCC(=O)N1CC(F)(c2ccc(C3=CC(c4cccc(F)c4)(C(F)(F)F)ON3)cc2)C1. The lowest BCUT2D eigenvalue weighted by molar-refractivity contribution is -0.269. The van der Waals surface area contributed by atoms with E-state index in [2.05, 4.69) is 5.48 Å². The summed E-state index contributed by atoms with van der Waals surface area (Å²) in [6.07, 6.45) is -3.73. The highest BCUT2D eigenvalue weighted by molar-refractivity contribution is 5.77. The van der Waals surface area contributed by atoms with E-state index >= 15 is 0 Å². The van der Waals surface area contributed by atoms with Crippen LogP contribution in [0.5, 0.6) is 0 Å². The molecule has 0 spiro atoms. The number of nitrogens with zero attached hydrogens (tertiary/aromatic N) is 1. The van der Waals surface area contributed by atoms with Gasteiger partial charge in [0.1, 0.15) is 5.82 Å². The minimum atomic E-state index is -4.86. The molecule has 0 bridgehead atoms. The van der Waals surface area contributed by atoms with Crippen LogP contribution >= 0.6 is 0 Å². The molecule has 4 rings (SSSR count). The first-order valence-electron chi connectivity index (χ1n) is 9.65. The Bertz CT molecular complexity index is 1030. The summed E-state index contributed by atoms with van der Waals surface area (Å²) < 4.78 is 70.3. The van der Waals surface area contributed by atoms with Crippen molar-refractivity contribution in [2.45, 2.75) is 30.8 Å². The Morgan fingerprint density at radius 2 is 1.81 bits per heavy atom. The van der Waals surface area contributed by atoms with Crippen molar-refractivity contribution in [1.82, 2.24) is 10.4 Å². The predicted molar refractivity (Wildman–Crippen MR) is 102 cm³/mol. The third-order valence-corrected chi connectivity index (χ3v) is 5.60. The Labute approximate surface area is 175 Å². The highest BCUT2D eigenvalue weighted by Crippen LogP contribution is 2.47. The lowest BCUT2D eigenvalue weighted by Gasteiger charge is -2.44. The van der Waals surface area contributed by atoms with Gasteiger partial charge in [-0.3, -0.25) is 15.1 Å². The Hall–Kier alpha value is -2.94. The molecular weight excluding hydrogens is 419 g/mol. The van der Waals surface area contributed by atoms with Gasteiger partial charge in [0.05, 0.1) is 18.8 Å². The molecule has 0 saturated carbocycles. The fourth-order valence-corrected chi connectivity index (χ4v) is 3.79. The maximum Gasteiger partial charge on any atom is 0.428 e. The van der Waals surface area contributed by atoms with Crippen molar-refractivity contribution in [3.63, 3.8) is 0 Å². The number of carbonyl (C=O) groups is 1. The summed E-state index contributed by atoms with van der Waals surface area (Å²) in [5, 5.41) is 0. The number of nitrogens with one attached hydrogen (secondary N) is 1. The van der Waals surface area contributed by atoms with Gasteiger partial charge < -0.3 is 4.90 Å². The first-order chi connectivity index (χ1) is 14.6. The maximum absolute atomic E-state index is 15.0. The number of hydroxylamine groups is 1. The highest BCUT2D eigenvalue weighted by atomic mass is 19.4. The van der Waals surface area contributed by atoms with Crippen LogP contribution in [-0.2, 0) is 20.9 Å². The van der Waals surface area contributed by atoms with Gasteiger partial charge in [0.2, 0.25) is 11.5 Å². The quantitative estimate of drug-likeness (QED) is 0.711. The number of benzene rings is 2. The molecule has 164 valence electrons. The van der Waals surface area contributed by atoms with Crippen LogP contribution in [0.15, 0.2) is 54.6 Å². The van der Waals surface area contributed by atoms with Crippen LogP contribution in [0.25, 0.3) is 5.70 Å². The van der Waals surface area contributed by atoms with Crippen LogP contribution in [0, 0.1) is 5.82 Å². The molecular formula is C22H19F5N2O2. The zero-order chi connectivity index (χ0) is 22.4. The number of likely N-dealkylation sites (tertiary alicyclic amines) is 1. The predicted octanol–water partition coefficient (Wildman–Crippen LogP) is 4.58. The summed E-state index contributed by atoms with van der Waals surface area (Å²) in [5.74, 6) is -0.955. The van der Waals surface area contributed by atoms with E-state index in [1.54, 1.807) is 6.92 Å². The molecule has 0 radical (unpaired) electrons. The lowest BCUT2D eigenvalue weighted by Crippen LogP contribution is -2.58. The molecule has 1 fully saturated rings. The van der Waals surface area contributed by atoms with Crippen LogP contribution < -0.4 is 5.48 Å². The molecule has 2 aliphatic heterocycles. The van der Waals surface area contributed by atoms with Crippen molar-refractivity contribution in [2.75, 3.05) is 13.1 Å². The summed E-state index contributed by atoms with van der Waals surface area (Å²) in [4.78, 5) is 18.0. The summed E-state index contributed by atoms with van der Waals surface area (Å²) in [6, 6.07) is 10.0. The highest BCUT2D eigenvalue weighted by Gasteiger charge is 2.59. The number of hydrogen-bond donors (Lipinski definition) is 1. The van der Waals surface area contributed by atoms with Crippen molar-refractivity contribution in [3.05, 3.63) is 77.1 Å². The van der Waals surface area contributed by atoms with E-state index in [1.807, 2.05) is 0 Å². The van der Waals surface area contributed by atoms with Crippen molar-refractivity contribution in [2.24, 2.45) is 0 Å². The number of hydrogen-bond acceptors (Lipinski definition) is 3. The van der Waals surface area contributed by atoms with Crippen molar-refractivity contribution >= 4 is 11.6 Å². The third-order valence-electron chi connectivity index (χ3n) is 5.60. The van der Waals surface area contributed by atoms with Crippen LogP contribution in [0.3, 0.4) is 0 Å². The minimum Gasteiger partial charge on any atom is -0.335 e. The zero-order valence-electron chi connectivity index (χ0n) is 16.5. The average Bonchev–Trinajstić information content (AvgIpc) is 3.18. The van der Waals surface area contributed by atoms with Gasteiger partial charge in [-0.25, -0.2) is 8.78 Å². The molecule has 1 saturated heterocycles. The zero-order valence-corrected chi connectivity index (χ0v) is 16.5. The molecule has 2 aliphatic rings. The number of rotatable bonds is 4. The maximum atomic E-state index is 15.0. The number of alkyl halides is 4. The minimum absolute atomic E-state index is 0.0254. The van der Waals surface area contributed by atoms with Crippen molar-refractivity contribution in [3.8, 4) is 0 Å². The molecule has 0 aromatic heterocycles. The molecule has 1 unspecified atom stereocenters. The van der Waals surface area contributed by atoms with Gasteiger partial charge >= 0.3 is 6.18 Å². The van der Waals surface area contributed by atoms with Crippen molar-refractivity contribution < 1.29 is 31.6 Å². The Morgan fingerprint density at radius 1 is 1.13 bits per heavy atom.